The maximum absolute atomic E-state index is 12.6. The molecule has 2 aliphatic rings. The van der Waals surface area contributed by atoms with Crippen molar-refractivity contribution < 1.29 is 8.42 Å². The average molecular weight is 407 g/mol. The summed E-state index contributed by atoms with van der Waals surface area (Å²) in [4.78, 5) is 2.79. The molecule has 0 radical (unpaired) electrons. The standard InChI is InChI=1S/C13H18IN3O2S/c14-11-1-3-13(4-2-11)20(18,19)17-7-5-16(6-8-17)12-9-15-10-12/h1-4,12,15H,5-10H2. The van der Waals surface area contributed by atoms with Gasteiger partial charge >= 0.3 is 0 Å². The van der Waals surface area contributed by atoms with Crippen molar-refractivity contribution in [3.63, 3.8) is 0 Å². The van der Waals surface area contributed by atoms with Gasteiger partial charge in [-0.15, -0.1) is 0 Å². The van der Waals surface area contributed by atoms with Crippen molar-refractivity contribution in [1.82, 2.24) is 14.5 Å². The molecule has 0 bridgehead atoms. The van der Waals surface area contributed by atoms with E-state index in [0.717, 1.165) is 29.7 Å². The monoisotopic (exact) mass is 407 g/mol. The van der Waals surface area contributed by atoms with Crippen LogP contribution in [0, 0.1) is 3.57 Å². The van der Waals surface area contributed by atoms with E-state index in [1.54, 1.807) is 16.4 Å². The summed E-state index contributed by atoms with van der Waals surface area (Å²) >= 11 is 2.18. The van der Waals surface area contributed by atoms with Crippen molar-refractivity contribution in [2.75, 3.05) is 39.3 Å². The third-order valence-electron chi connectivity index (χ3n) is 4.00. The van der Waals surface area contributed by atoms with Crippen LogP contribution in [-0.2, 0) is 10.0 Å². The molecular weight excluding hydrogens is 389 g/mol. The van der Waals surface area contributed by atoms with Crippen LogP contribution in [0.15, 0.2) is 29.2 Å². The van der Waals surface area contributed by atoms with Gasteiger partial charge in [0.15, 0.2) is 0 Å². The summed E-state index contributed by atoms with van der Waals surface area (Å²) in [6.07, 6.45) is 0. The predicted molar refractivity (Wildman–Crippen MR) is 86.1 cm³/mol. The van der Waals surface area contributed by atoms with Gasteiger partial charge in [0.25, 0.3) is 0 Å². The topological polar surface area (TPSA) is 52.7 Å². The summed E-state index contributed by atoms with van der Waals surface area (Å²) in [5, 5.41) is 3.26. The van der Waals surface area contributed by atoms with Crippen LogP contribution in [-0.4, -0.2) is 62.9 Å². The fourth-order valence-electron chi connectivity index (χ4n) is 2.60. The number of piperazine rings is 1. The molecule has 0 aliphatic carbocycles. The third kappa shape index (κ3) is 2.87. The SMILES string of the molecule is O=S(=O)(c1ccc(I)cc1)N1CCN(C2CNC2)CC1. The van der Waals surface area contributed by atoms with Gasteiger partial charge in [-0.3, -0.25) is 4.90 Å². The number of hydrogen-bond donors (Lipinski definition) is 1. The molecule has 2 fully saturated rings. The van der Waals surface area contributed by atoms with Crippen LogP contribution in [0.1, 0.15) is 0 Å². The first-order valence-electron chi connectivity index (χ1n) is 6.78. The molecule has 110 valence electrons. The molecule has 2 aliphatic heterocycles. The Morgan fingerprint density at radius 2 is 1.65 bits per heavy atom. The molecule has 0 unspecified atom stereocenters. The molecule has 20 heavy (non-hydrogen) atoms. The summed E-state index contributed by atoms with van der Waals surface area (Å²) in [5.41, 5.74) is 0. The Morgan fingerprint density at radius 1 is 1.05 bits per heavy atom. The van der Waals surface area contributed by atoms with E-state index in [1.807, 2.05) is 12.1 Å². The van der Waals surface area contributed by atoms with E-state index in [-0.39, 0.29) is 0 Å². The summed E-state index contributed by atoms with van der Waals surface area (Å²) in [6.45, 7) is 4.90. The fourth-order valence-corrected chi connectivity index (χ4v) is 4.38. The zero-order valence-electron chi connectivity index (χ0n) is 11.1. The average Bonchev–Trinajstić information content (AvgIpc) is 2.38. The minimum atomic E-state index is -3.33. The predicted octanol–water partition coefficient (Wildman–Crippen LogP) is 0.569. The molecule has 0 aromatic heterocycles. The highest BCUT2D eigenvalue weighted by molar-refractivity contribution is 14.1. The Bertz CT molecular complexity index is 564. The van der Waals surface area contributed by atoms with Crippen LogP contribution in [0.5, 0.6) is 0 Å². The molecule has 1 N–H and O–H groups in total. The molecule has 2 heterocycles. The minimum absolute atomic E-state index is 0.400. The quantitative estimate of drug-likeness (QED) is 0.745. The van der Waals surface area contributed by atoms with Crippen LogP contribution in [0.3, 0.4) is 0 Å². The van der Waals surface area contributed by atoms with E-state index in [9.17, 15) is 8.42 Å². The zero-order valence-corrected chi connectivity index (χ0v) is 14.1. The minimum Gasteiger partial charge on any atom is -0.314 e. The molecular formula is C13H18IN3O2S. The lowest BCUT2D eigenvalue weighted by Gasteiger charge is -2.42. The van der Waals surface area contributed by atoms with Gasteiger partial charge < -0.3 is 5.32 Å². The highest BCUT2D eigenvalue weighted by Gasteiger charge is 2.32. The molecule has 1 aromatic carbocycles. The Kier molecular flexibility index (Phi) is 4.32. The van der Waals surface area contributed by atoms with Crippen LogP contribution in [0.2, 0.25) is 0 Å². The van der Waals surface area contributed by atoms with Gasteiger partial charge in [0.2, 0.25) is 10.0 Å². The van der Waals surface area contributed by atoms with Gasteiger partial charge in [0, 0.05) is 48.9 Å². The first kappa shape index (κ1) is 14.7. The molecule has 2 saturated heterocycles. The largest absolute Gasteiger partial charge is 0.314 e. The maximum Gasteiger partial charge on any atom is 0.243 e. The number of halogens is 1. The first-order chi connectivity index (χ1) is 9.57. The molecule has 0 spiro atoms. The molecule has 5 nitrogen and oxygen atoms in total. The van der Waals surface area contributed by atoms with E-state index in [2.05, 4.69) is 32.8 Å². The number of sulfonamides is 1. The number of nitrogens with zero attached hydrogens (tertiary/aromatic N) is 2. The lowest BCUT2D eigenvalue weighted by atomic mass is 10.1. The normalized spacial score (nSPS) is 22.6. The summed E-state index contributed by atoms with van der Waals surface area (Å²) < 4.78 is 27.8. The Balaban J connectivity index is 1.68. The van der Waals surface area contributed by atoms with Crippen molar-refractivity contribution in [3.05, 3.63) is 27.8 Å². The second-order valence-electron chi connectivity index (χ2n) is 5.21. The molecule has 0 amide bonds. The Morgan fingerprint density at radius 3 is 2.15 bits per heavy atom. The van der Waals surface area contributed by atoms with Gasteiger partial charge in [-0.2, -0.15) is 4.31 Å². The van der Waals surface area contributed by atoms with Crippen molar-refractivity contribution in [2.24, 2.45) is 0 Å². The summed E-state index contributed by atoms with van der Waals surface area (Å²) in [6, 6.07) is 7.66. The van der Waals surface area contributed by atoms with Crippen molar-refractivity contribution in [3.8, 4) is 0 Å². The van der Waals surface area contributed by atoms with E-state index < -0.39 is 10.0 Å². The van der Waals surface area contributed by atoms with Gasteiger partial charge in [-0.1, -0.05) is 0 Å². The second-order valence-corrected chi connectivity index (χ2v) is 8.39. The van der Waals surface area contributed by atoms with Gasteiger partial charge in [-0.05, 0) is 46.9 Å². The Labute approximate surface area is 133 Å². The fraction of sp³-hybridized carbons (Fsp3) is 0.538. The number of rotatable bonds is 3. The third-order valence-corrected chi connectivity index (χ3v) is 6.63. The molecule has 0 atom stereocenters. The van der Waals surface area contributed by atoms with E-state index in [4.69, 9.17) is 0 Å². The van der Waals surface area contributed by atoms with Crippen LogP contribution < -0.4 is 5.32 Å². The van der Waals surface area contributed by atoms with E-state index in [0.29, 0.717) is 24.0 Å². The zero-order chi connectivity index (χ0) is 14.2. The maximum atomic E-state index is 12.6. The van der Waals surface area contributed by atoms with Crippen molar-refractivity contribution in [1.29, 1.82) is 0 Å². The van der Waals surface area contributed by atoms with E-state index >= 15 is 0 Å². The summed E-state index contributed by atoms with van der Waals surface area (Å²) in [5.74, 6) is 0. The Hall–Kier alpha value is -0.220. The highest BCUT2D eigenvalue weighted by Crippen LogP contribution is 2.20. The van der Waals surface area contributed by atoms with Crippen molar-refractivity contribution in [2.45, 2.75) is 10.9 Å². The molecule has 1 aromatic rings. The number of hydrogen-bond acceptors (Lipinski definition) is 4. The van der Waals surface area contributed by atoms with Gasteiger partial charge in [-0.25, -0.2) is 8.42 Å². The number of benzene rings is 1. The van der Waals surface area contributed by atoms with Crippen LogP contribution in [0.25, 0.3) is 0 Å². The number of nitrogens with one attached hydrogen (secondary N) is 1. The molecule has 7 heteroatoms. The van der Waals surface area contributed by atoms with Gasteiger partial charge in [0.1, 0.15) is 0 Å². The second kappa shape index (κ2) is 5.88. The smallest absolute Gasteiger partial charge is 0.243 e. The van der Waals surface area contributed by atoms with Crippen LogP contribution in [0.4, 0.5) is 0 Å². The van der Waals surface area contributed by atoms with E-state index in [1.165, 1.54) is 0 Å². The summed E-state index contributed by atoms with van der Waals surface area (Å²) in [7, 11) is -3.33. The highest BCUT2D eigenvalue weighted by atomic mass is 127. The molecule has 0 saturated carbocycles. The lowest BCUT2D eigenvalue weighted by molar-refractivity contribution is 0.103. The lowest BCUT2D eigenvalue weighted by Crippen LogP contribution is -2.62. The first-order valence-corrected chi connectivity index (χ1v) is 9.30. The van der Waals surface area contributed by atoms with Gasteiger partial charge in [0.05, 0.1) is 4.90 Å². The van der Waals surface area contributed by atoms with Crippen molar-refractivity contribution >= 4 is 32.6 Å². The molecule has 3 rings (SSSR count). The van der Waals surface area contributed by atoms with Crippen LogP contribution >= 0.6 is 22.6 Å².